The Labute approximate surface area is 140 Å². The molecule has 2 nitrogen and oxygen atoms in total. The van der Waals surface area contributed by atoms with Crippen LogP contribution in [0.15, 0.2) is 30.0 Å². The Bertz CT molecular complexity index is 640. The van der Waals surface area contributed by atoms with Crippen molar-refractivity contribution >= 4 is 23.5 Å². The maximum absolute atomic E-state index is 6.56. The van der Waals surface area contributed by atoms with Crippen LogP contribution in [0.4, 0.5) is 0 Å². The molecule has 0 unspecified atom stereocenters. The van der Waals surface area contributed by atoms with E-state index in [4.69, 9.17) is 4.74 Å². The lowest BCUT2D eigenvalue weighted by Gasteiger charge is -2.46. The van der Waals surface area contributed by atoms with Crippen molar-refractivity contribution in [2.45, 2.75) is 48.7 Å². The third-order valence-electron chi connectivity index (χ3n) is 6.26. The Balaban J connectivity index is 1.54. The molecule has 2 fully saturated rings. The van der Waals surface area contributed by atoms with Crippen LogP contribution in [0.1, 0.15) is 38.3 Å². The summed E-state index contributed by atoms with van der Waals surface area (Å²) in [7, 11) is 0. The van der Waals surface area contributed by atoms with E-state index in [0.29, 0.717) is 4.08 Å². The minimum atomic E-state index is -0.0366. The number of nitrogens with zero attached hydrogens (tertiary/aromatic N) is 1. The van der Waals surface area contributed by atoms with Crippen LogP contribution in [0, 0.1) is 5.41 Å². The molecule has 0 N–H and O–H groups in total. The second kappa shape index (κ2) is 4.47. The molecule has 4 heteroatoms. The zero-order valence-electron chi connectivity index (χ0n) is 12.9. The Morgan fingerprint density at radius 1 is 1.18 bits per heavy atom. The maximum atomic E-state index is 6.56. The molecule has 1 aromatic heterocycles. The first-order valence-electron chi connectivity index (χ1n) is 8.28. The summed E-state index contributed by atoms with van der Waals surface area (Å²) < 4.78 is 6.94. The van der Waals surface area contributed by atoms with Gasteiger partial charge in [0.15, 0.2) is 0 Å². The van der Waals surface area contributed by atoms with Gasteiger partial charge in [0.2, 0.25) is 0 Å². The van der Waals surface area contributed by atoms with E-state index in [-0.39, 0.29) is 11.0 Å². The molecular formula is C18H21NOS2. The summed E-state index contributed by atoms with van der Waals surface area (Å²) >= 11 is 4.33. The SMILES string of the molecule is C[C@]12CCC3(C=C1CC[C@@]21Cc2ncccc2O1)SCCS3. The van der Waals surface area contributed by atoms with Crippen LogP contribution in [0.5, 0.6) is 5.75 Å². The van der Waals surface area contributed by atoms with Crippen LogP contribution < -0.4 is 4.74 Å². The van der Waals surface area contributed by atoms with Gasteiger partial charge in [0.05, 0.1) is 9.77 Å². The fourth-order valence-corrected chi connectivity index (χ4v) is 8.01. The maximum Gasteiger partial charge on any atom is 0.141 e. The van der Waals surface area contributed by atoms with E-state index in [0.717, 1.165) is 24.3 Å². The van der Waals surface area contributed by atoms with Crippen molar-refractivity contribution in [1.82, 2.24) is 4.98 Å². The lowest BCUT2D eigenvalue weighted by Crippen LogP contribution is -2.49. The molecule has 0 aromatic carbocycles. The number of aromatic nitrogens is 1. The highest BCUT2D eigenvalue weighted by atomic mass is 32.2. The largest absolute Gasteiger partial charge is 0.484 e. The van der Waals surface area contributed by atoms with Crippen molar-refractivity contribution in [1.29, 1.82) is 0 Å². The molecule has 116 valence electrons. The third kappa shape index (κ3) is 1.68. The molecule has 2 aliphatic heterocycles. The summed E-state index contributed by atoms with van der Waals surface area (Å²) in [6.07, 6.45) is 10.4. The van der Waals surface area contributed by atoms with Crippen LogP contribution in [-0.2, 0) is 6.42 Å². The average Bonchev–Trinajstić information content (AvgIpc) is 3.20. The van der Waals surface area contributed by atoms with Gasteiger partial charge >= 0.3 is 0 Å². The van der Waals surface area contributed by atoms with Crippen LogP contribution in [-0.4, -0.2) is 26.2 Å². The van der Waals surface area contributed by atoms with Gasteiger partial charge in [-0.1, -0.05) is 18.6 Å². The molecule has 2 spiro atoms. The van der Waals surface area contributed by atoms with E-state index in [1.54, 1.807) is 5.57 Å². The Morgan fingerprint density at radius 2 is 2.05 bits per heavy atom. The van der Waals surface area contributed by atoms with Gasteiger partial charge in [-0.05, 0) is 37.8 Å². The number of hydrogen-bond donors (Lipinski definition) is 0. The fraction of sp³-hybridized carbons (Fsp3) is 0.611. The Kier molecular flexibility index (Phi) is 2.81. The summed E-state index contributed by atoms with van der Waals surface area (Å²) in [6.45, 7) is 2.45. The summed E-state index contributed by atoms with van der Waals surface area (Å²) in [4.78, 5) is 4.57. The third-order valence-corrected chi connectivity index (χ3v) is 9.67. The van der Waals surface area contributed by atoms with Gasteiger partial charge in [0, 0.05) is 29.5 Å². The standard InChI is InChI=1S/C18H21NOS2/c1-16-6-7-18(21-9-10-22-18)11-13(16)4-5-17(16)12-14-15(20-17)3-2-8-19-14/h2-3,8,11H,4-7,9-10,12H2,1H3/t16-,17+/m0/s1. The molecule has 1 saturated heterocycles. The first-order valence-corrected chi connectivity index (χ1v) is 10.3. The topological polar surface area (TPSA) is 22.1 Å². The van der Waals surface area contributed by atoms with Gasteiger partial charge in [-0.3, -0.25) is 4.98 Å². The van der Waals surface area contributed by atoms with Crippen LogP contribution in [0.25, 0.3) is 0 Å². The molecule has 3 heterocycles. The van der Waals surface area contributed by atoms with Crippen molar-refractivity contribution in [2.75, 3.05) is 11.5 Å². The van der Waals surface area contributed by atoms with Crippen molar-refractivity contribution in [2.24, 2.45) is 5.41 Å². The number of hydrogen-bond acceptors (Lipinski definition) is 4. The summed E-state index contributed by atoms with van der Waals surface area (Å²) in [6, 6.07) is 4.09. The molecule has 0 bridgehead atoms. The van der Waals surface area contributed by atoms with E-state index in [1.807, 2.05) is 12.3 Å². The smallest absolute Gasteiger partial charge is 0.141 e. The molecule has 0 amide bonds. The van der Waals surface area contributed by atoms with Crippen molar-refractivity contribution in [3.63, 3.8) is 0 Å². The first-order chi connectivity index (χ1) is 10.6. The van der Waals surface area contributed by atoms with Crippen molar-refractivity contribution < 1.29 is 4.74 Å². The molecule has 22 heavy (non-hydrogen) atoms. The Morgan fingerprint density at radius 3 is 2.86 bits per heavy atom. The molecule has 5 rings (SSSR count). The van der Waals surface area contributed by atoms with Gasteiger partial charge < -0.3 is 4.74 Å². The van der Waals surface area contributed by atoms with Crippen molar-refractivity contribution in [3.8, 4) is 5.75 Å². The van der Waals surface area contributed by atoms with Gasteiger partial charge in [-0.25, -0.2) is 0 Å². The zero-order valence-corrected chi connectivity index (χ0v) is 14.6. The molecule has 1 aromatic rings. The molecular weight excluding hydrogens is 310 g/mol. The second-order valence-electron chi connectivity index (χ2n) is 7.23. The van der Waals surface area contributed by atoms with E-state index in [1.165, 1.54) is 30.8 Å². The lowest BCUT2D eigenvalue weighted by molar-refractivity contribution is -0.00189. The van der Waals surface area contributed by atoms with Crippen LogP contribution in [0.3, 0.4) is 0 Å². The highest BCUT2D eigenvalue weighted by Gasteiger charge is 2.61. The van der Waals surface area contributed by atoms with E-state index in [2.05, 4.69) is 47.6 Å². The zero-order chi connectivity index (χ0) is 14.8. The molecule has 0 radical (unpaired) electrons. The predicted octanol–water partition coefficient (Wildman–Crippen LogP) is 4.45. The first kappa shape index (κ1) is 13.8. The van der Waals surface area contributed by atoms with Crippen LogP contribution >= 0.6 is 23.5 Å². The number of fused-ring (bicyclic) bond motifs is 3. The average molecular weight is 332 g/mol. The molecule has 2 aliphatic carbocycles. The van der Waals surface area contributed by atoms with Crippen molar-refractivity contribution in [3.05, 3.63) is 35.7 Å². The van der Waals surface area contributed by atoms with Gasteiger partial charge in [0.25, 0.3) is 0 Å². The summed E-state index contributed by atoms with van der Waals surface area (Å²) in [5.41, 5.74) is 2.98. The van der Waals surface area contributed by atoms with Gasteiger partial charge in [0.1, 0.15) is 11.4 Å². The summed E-state index contributed by atoms with van der Waals surface area (Å²) in [5.74, 6) is 3.64. The monoisotopic (exact) mass is 331 g/mol. The van der Waals surface area contributed by atoms with Gasteiger partial charge in [-0.2, -0.15) is 0 Å². The van der Waals surface area contributed by atoms with Crippen LogP contribution in [0.2, 0.25) is 0 Å². The lowest BCUT2D eigenvalue weighted by atomic mass is 9.66. The molecule has 2 atom stereocenters. The predicted molar refractivity (Wildman–Crippen MR) is 93.6 cm³/mol. The molecule has 1 saturated carbocycles. The van der Waals surface area contributed by atoms with E-state index >= 15 is 0 Å². The quantitative estimate of drug-likeness (QED) is 0.655. The number of rotatable bonds is 0. The number of ether oxygens (including phenoxy) is 1. The minimum absolute atomic E-state index is 0.0366. The normalized spacial score (nSPS) is 38.0. The second-order valence-corrected chi connectivity index (χ2v) is 10.3. The van der Waals surface area contributed by atoms with E-state index < -0.39 is 0 Å². The highest BCUT2D eigenvalue weighted by Crippen LogP contribution is 2.64. The number of thioether (sulfide) groups is 2. The molecule has 4 aliphatic rings. The Hall–Kier alpha value is -0.610. The van der Waals surface area contributed by atoms with E-state index in [9.17, 15) is 0 Å². The fourth-order valence-electron chi connectivity index (χ4n) is 4.87. The van der Waals surface area contributed by atoms with Gasteiger partial charge in [-0.15, -0.1) is 23.5 Å². The summed E-state index contributed by atoms with van der Waals surface area (Å²) in [5, 5.41) is 0. The minimum Gasteiger partial charge on any atom is -0.484 e. The number of pyridine rings is 1. The highest BCUT2D eigenvalue weighted by molar-refractivity contribution is 8.21.